The molecule has 2 bridgehead atoms. The first-order chi connectivity index (χ1) is 11.5. The molecule has 1 aromatic heterocycles. The van der Waals surface area contributed by atoms with E-state index in [2.05, 4.69) is 30.3 Å². The van der Waals surface area contributed by atoms with Gasteiger partial charge in [0.15, 0.2) is 5.69 Å². The molecule has 2 atom stereocenters. The fraction of sp³-hybridized carbons (Fsp3) is 0.611. The van der Waals surface area contributed by atoms with Gasteiger partial charge >= 0.3 is 5.97 Å². The molecule has 2 heterocycles. The predicted molar refractivity (Wildman–Crippen MR) is 87.5 cm³/mol. The number of nitrogens with one attached hydrogen (secondary N) is 1. The third kappa shape index (κ3) is 2.36. The normalized spacial score (nSPS) is 26.8. The van der Waals surface area contributed by atoms with Crippen molar-refractivity contribution in [1.29, 1.82) is 0 Å². The lowest BCUT2D eigenvalue weighted by molar-refractivity contribution is -0.0103. The molecular formula is C18H23N3O3. The third-order valence-corrected chi connectivity index (χ3v) is 6.04. The molecule has 0 aromatic carbocycles. The number of aromatic nitrogens is 2. The Hall–Kier alpha value is -2.11. The molecule has 0 spiro atoms. The van der Waals surface area contributed by atoms with Crippen molar-refractivity contribution in [2.24, 2.45) is 17.3 Å². The second-order valence-electron chi connectivity index (χ2n) is 7.60. The highest BCUT2D eigenvalue weighted by atomic mass is 16.5. The molecule has 1 N–H and O–H groups in total. The molecule has 0 radical (unpaired) electrons. The van der Waals surface area contributed by atoms with Crippen molar-refractivity contribution < 1.29 is 14.3 Å². The van der Waals surface area contributed by atoms with Crippen LogP contribution in [0.5, 0.6) is 0 Å². The van der Waals surface area contributed by atoms with Crippen LogP contribution in [-0.4, -0.2) is 34.8 Å². The average molecular weight is 329 g/mol. The Kier molecular flexibility index (Phi) is 3.51. The Bertz CT molecular complexity index is 732. The minimum atomic E-state index is -0.452. The molecule has 4 aliphatic rings. The van der Waals surface area contributed by atoms with Gasteiger partial charge < -0.3 is 10.1 Å². The van der Waals surface area contributed by atoms with Crippen LogP contribution in [0, 0.1) is 17.3 Å². The van der Waals surface area contributed by atoms with E-state index in [0.717, 1.165) is 18.8 Å². The molecule has 1 aliphatic heterocycles. The summed E-state index contributed by atoms with van der Waals surface area (Å²) in [4.78, 5) is 23.9. The molecule has 128 valence electrons. The number of allylic oxidation sites excluding steroid dienone is 1. The first-order valence-corrected chi connectivity index (χ1v) is 8.69. The van der Waals surface area contributed by atoms with E-state index in [1.807, 2.05) is 0 Å². The monoisotopic (exact) mass is 329 g/mol. The van der Waals surface area contributed by atoms with Crippen LogP contribution in [0.2, 0.25) is 0 Å². The summed E-state index contributed by atoms with van der Waals surface area (Å²) in [5.41, 5.74) is 2.46. The molecule has 1 saturated carbocycles. The van der Waals surface area contributed by atoms with Crippen LogP contribution in [0.4, 0.5) is 0 Å². The highest BCUT2D eigenvalue weighted by Gasteiger charge is 2.50. The second-order valence-corrected chi connectivity index (χ2v) is 7.60. The molecule has 1 amide bonds. The van der Waals surface area contributed by atoms with Crippen molar-refractivity contribution in [3.63, 3.8) is 0 Å². The molecule has 3 aliphatic carbocycles. The number of rotatable bonds is 4. The van der Waals surface area contributed by atoms with Crippen LogP contribution in [0.3, 0.4) is 0 Å². The standard InChI is InChI=1S/C18H23N3O3/c1-18(2)12-4-3-11(13(18)9-12)5-8-24-17(23)14-10-15-16(22)19-6-7-21(15)20-14/h3,10,12-13H,4-9H2,1-2H3,(H,19,22)/t12-,13-/m0/s1. The lowest BCUT2D eigenvalue weighted by atomic mass is 9.48. The lowest BCUT2D eigenvalue weighted by Crippen LogP contribution is -2.48. The average Bonchev–Trinajstić information content (AvgIpc) is 3.00. The van der Waals surface area contributed by atoms with Gasteiger partial charge in [-0.25, -0.2) is 4.79 Å². The van der Waals surface area contributed by atoms with Gasteiger partial charge in [-0.2, -0.15) is 5.10 Å². The summed E-state index contributed by atoms with van der Waals surface area (Å²) in [6.07, 6.45) is 5.55. The maximum Gasteiger partial charge on any atom is 0.358 e. The number of nitrogens with zero attached hydrogens (tertiary/aromatic N) is 2. The molecule has 0 unspecified atom stereocenters. The summed E-state index contributed by atoms with van der Waals surface area (Å²) in [5, 5.41) is 6.91. The number of fused-ring (bicyclic) bond motifs is 2. The Balaban J connectivity index is 1.35. The van der Waals surface area contributed by atoms with E-state index in [4.69, 9.17) is 4.74 Å². The maximum absolute atomic E-state index is 12.2. The van der Waals surface area contributed by atoms with E-state index in [1.54, 1.807) is 4.68 Å². The van der Waals surface area contributed by atoms with Crippen LogP contribution in [0.25, 0.3) is 0 Å². The molecule has 6 nitrogen and oxygen atoms in total. The number of ether oxygens (including phenoxy) is 1. The molecular weight excluding hydrogens is 306 g/mol. The summed E-state index contributed by atoms with van der Waals surface area (Å²) in [6.45, 7) is 6.17. The Morgan fingerprint density at radius 3 is 3.04 bits per heavy atom. The van der Waals surface area contributed by atoms with Crippen molar-refractivity contribution >= 4 is 11.9 Å². The first-order valence-electron chi connectivity index (χ1n) is 8.69. The van der Waals surface area contributed by atoms with Gasteiger partial charge in [0.2, 0.25) is 0 Å². The second kappa shape index (κ2) is 5.46. The Labute approximate surface area is 141 Å². The molecule has 24 heavy (non-hydrogen) atoms. The van der Waals surface area contributed by atoms with Gasteiger partial charge in [-0.3, -0.25) is 9.48 Å². The van der Waals surface area contributed by atoms with Crippen molar-refractivity contribution in [3.05, 3.63) is 29.1 Å². The SMILES string of the molecule is CC1(C)[C@H]2CC=C(CCOC(=O)c3cc4n(n3)CCNC4=O)[C@@H]1C2. The number of hydrogen-bond donors (Lipinski definition) is 1. The van der Waals surface area contributed by atoms with E-state index in [1.165, 1.54) is 18.1 Å². The van der Waals surface area contributed by atoms with E-state index in [9.17, 15) is 9.59 Å². The fourth-order valence-electron chi connectivity index (χ4n) is 4.33. The zero-order valence-electron chi connectivity index (χ0n) is 14.2. The van der Waals surface area contributed by atoms with E-state index >= 15 is 0 Å². The highest BCUT2D eigenvalue weighted by molar-refractivity contribution is 5.96. The maximum atomic E-state index is 12.2. The van der Waals surface area contributed by atoms with Gasteiger partial charge in [0.25, 0.3) is 5.91 Å². The minimum absolute atomic E-state index is 0.193. The lowest BCUT2D eigenvalue weighted by Gasteiger charge is -2.56. The van der Waals surface area contributed by atoms with Crippen LogP contribution in [0.1, 0.15) is 54.1 Å². The van der Waals surface area contributed by atoms with Crippen molar-refractivity contribution in [2.75, 3.05) is 13.2 Å². The van der Waals surface area contributed by atoms with Crippen LogP contribution in [-0.2, 0) is 11.3 Å². The highest BCUT2D eigenvalue weighted by Crippen LogP contribution is 2.59. The summed E-state index contributed by atoms with van der Waals surface area (Å²) >= 11 is 0. The minimum Gasteiger partial charge on any atom is -0.461 e. The molecule has 6 heteroatoms. The summed E-state index contributed by atoms with van der Waals surface area (Å²) in [6, 6.07) is 1.51. The van der Waals surface area contributed by atoms with Gasteiger partial charge in [-0.1, -0.05) is 25.5 Å². The summed E-state index contributed by atoms with van der Waals surface area (Å²) in [7, 11) is 0. The van der Waals surface area contributed by atoms with E-state index < -0.39 is 5.97 Å². The number of hydrogen-bond acceptors (Lipinski definition) is 4. The molecule has 5 rings (SSSR count). The zero-order valence-corrected chi connectivity index (χ0v) is 14.2. The topological polar surface area (TPSA) is 73.2 Å². The van der Waals surface area contributed by atoms with E-state index in [-0.39, 0.29) is 11.6 Å². The quantitative estimate of drug-likeness (QED) is 0.679. The fourth-order valence-corrected chi connectivity index (χ4v) is 4.33. The molecule has 1 fully saturated rings. The summed E-state index contributed by atoms with van der Waals surface area (Å²) in [5.74, 6) is 0.809. The predicted octanol–water partition coefficient (Wildman–Crippen LogP) is 2.17. The number of amides is 1. The van der Waals surface area contributed by atoms with Crippen LogP contribution < -0.4 is 5.32 Å². The zero-order chi connectivity index (χ0) is 16.9. The van der Waals surface area contributed by atoms with Gasteiger partial charge in [0.1, 0.15) is 5.69 Å². The van der Waals surface area contributed by atoms with Crippen LogP contribution in [0.15, 0.2) is 17.7 Å². The third-order valence-electron chi connectivity index (χ3n) is 6.04. The molecule has 1 aromatic rings. The van der Waals surface area contributed by atoms with E-state index in [0.29, 0.717) is 36.7 Å². The van der Waals surface area contributed by atoms with Crippen LogP contribution >= 0.6 is 0 Å². The Morgan fingerprint density at radius 1 is 1.50 bits per heavy atom. The number of carbonyl (C=O) groups is 2. The van der Waals surface area contributed by atoms with Crippen molar-refractivity contribution in [3.8, 4) is 0 Å². The van der Waals surface area contributed by atoms with Gasteiger partial charge in [-0.15, -0.1) is 0 Å². The molecule has 0 saturated heterocycles. The smallest absolute Gasteiger partial charge is 0.358 e. The van der Waals surface area contributed by atoms with Crippen molar-refractivity contribution in [2.45, 2.75) is 39.7 Å². The van der Waals surface area contributed by atoms with Gasteiger partial charge in [0.05, 0.1) is 13.2 Å². The number of esters is 1. The van der Waals surface area contributed by atoms with Gasteiger partial charge in [0, 0.05) is 19.0 Å². The largest absolute Gasteiger partial charge is 0.461 e. The van der Waals surface area contributed by atoms with Gasteiger partial charge in [-0.05, 0) is 30.1 Å². The summed E-state index contributed by atoms with van der Waals surface area (Å²) < 4.78 is 6.96. The van der Waals surface area contributed by atoms with Crippen molar-refractivity contribution in [1.82, 2.24) is 15.1 Å². The first kappa shape index (κ1) is 15.4. The number of carbonyl (C=O) groups excluding carboxylic acids is 2. The Morgan fingerprint density at radius 2 is 2.33 bits per heavy atom.